The summed E-state index contributed by atoms with van der Waals surface area (Å²) in [4.78, 5) is 0. The Morgan fingerprint density at radius 3 is 2.50 bits per heavy atom. The first-order valence-electron chi connectivity index (χ1n) is 6.09. The summed E-state index contributed by atoms with van der Waals surface area (Å²) in [5.74, 6) is 0.705. The fraction of sp³-hybridized carbons (Fsp3) is 0.200. The average Bonchev–Trinajstić information content (AvgIpc) is 2.36. The number of hydrogen-bond donors (Lipinski definition) is 0. The zero-order valence-corrected chi connectivity index (χ0v) is 10.7. The third-order valence-electron chi connectivity index (χ3n) is 2.92. The van der Waals surface area contributed by atoms with Crippen LogP contribution in [-0.2, 0) is 6.42 Å². The van der Waals surface area contributed by atoms with Crippen molar-refractivity contribution in [3.63, 3.8) is 0 Å². The van der Waals surface area contributed by atoms with E-state index in [2.05, 4.69) is 0 Å². The molecule has 0 amide bonds. The molecular formula is C15H16BFO. The Morgan fingerprint density at radius 2 is 1.83 bits per heavy atom. The summed E-state index contributed by atoms with van der Waals surface area (Å²) in [6, 6.07) is 13.2. The second-order valence-corrected chi connectivity index (χ2v) is 4.50. The molecule has 0 heterocycles. The summed E-state index contributed by atoms with van der Waals surface area (Å²) < 4.78 is 18.9. The van der Waals surface area contributed by atoms with Gasteiger partial charge in [0.15, 0.2) is 0 Å². The van der Waals surface area contributed by atoms with Gasteiger partial charge in [0.1, 0.15) is 19.4 Å². The van der Waals surface area contributed by atoms with Crippen molar-refractivity contribution in [2.24, 2.45) is 0 Å². The van der Waals surface area contributed by atoms with Crippen molar-refractivity contribution in [2.45, 2.75) is 13.3 Å². The molecule has 0 radical (unpaired) electrons. The van der Waals surface area contributed by atoms with E-state index in [0.29, 0.717) is 18.6 Å². The van der Waals surface area contributed by atoms with Gasteiger partial charge in [0, 0.05) is 6.42 Å². The maximum atomic E-state index is 13.3. The van der Waals surface area contributed by atoms with Crippen LogP contribution in [0.2, 0.25) is 0 Å². The quantitative estimate of drug-likeness (QED) is 0.745. The fourth-order valence-electron chi connectivity index (χ4n) is 1.71. The van der Waals surface area contributed by atoms with Gasteiger partial charge in [-0.1, -0.05) is 29.7 Å². The number of aryl methyl sites for hydroxylation is 1. The van der Waals surface area contributed by atoms with Gasteiger partial charge >= 0.3 is 0 Å². The van der Waals surface area contributed by atoms with Crippen LogP contribution in [0.1, 0.15) is 11.1 Å². The molecule has 1 nitrogen and oxygen atoms in total. The van der Waals surface area contributed by atoms with Gasteiger partial charge in [0.05, 0.1) is 6.61 Å². The normalized spacial score (nSPS) is 10.3. The molecule has 0 spiro atoms. The van der Waals surface area contributed by atoms with E-state index < -0.39 is 0 Å². The second-order valence-electron chi connectivity index (χ2n) is 4.50. The maximum absolute atomic E-state index is 13.3. The molecule has 0 atom stereocenters. The fourth-order valence-corrected chi connectivity index (χ4v) is 1.71. The van der Waals surface area contributed by atoms with E-state index in [1.807, 2.05) is 38.2 Å². The van der Waals surface area contributed by atoms with E-state index >= 15 is 0 Å². The Morgan fingerprint density at radius 1 is 1.11 bits per heavy atom. The van der Waals surface area contributed by atoms with E-state index in [1.165, 1.54) is 5.46 Å². The van der Waals surface area contributed by atoms with Crippen molar-refractivity contribution in [3.05, 3.63) is 59.4 Å². The molecule has 0 aliphatic rings. The molecule has 0 aliphatic heterocycles. The highest BCUT2D eigenvalue weighted by Gasteiger charge is 2.00. The van der Waals surface area contributed by atoms with Gasteiger partial charge < -0.3 is 4.74 Å². The molecule has 0 saturated carbocycles. The van der Waals surface area contributed by atoms with Crippen LogP contribution in [0.5, 0.6) is 5.75 Å². The third kappa shape index (κ3) is 3.36. The molecule has 2 aromatic rings. The van der Waals surface area contributed by atoms with Gasteiger partial charge in [-0.15, -0.1) is 0 Å². The van der Waals surface area contributed by atoms with Gasteiger partial charge in [0.25, 0.3) is 0 Å². The molecule has 0 unspecified atom stereocenters. The molecule has 18 heavy (non-hydrogen) atoms. The zero-order valence-electron chi connectivity index (χ0n) is 10.7. The summed E-state index contributed by atoms with van der Waals surface area (Å²) >= 11 is 0. The van der Waals surface area contributed by atoms with Crippen LogP contribution in [0.4, 0.5) is 4.39 Å². The molecule has 0 fully saturated rings. The van der Waals surface area contributed by atoms with Crippen LogP contribution >= 0.6 is 0 Å². The third-order valence-corrected chi connectivity index (χ3v) is 2.92. The number of benzene rings is 2. The van der Waals surface area contributed by atoms with Crippen LogP contribution in [0.3, 0.4) is 0 Å². The lowest BCUT2D eigenvalue weighted by atomic mass is 9.97. The molecule has 2 aromatic carbocycles. The van der Waals surface area contributed by atoms with Crippen molar-refractivity contribution in [2.75, 3.05) is 6.61 Å². The largest absolute Gasteiger partial charge is 0.493 e. The van der Waals surface area contributed by atoms with Gasteiger partial charge in [-0.2, -0.15) is 0 Å². The highest BCUT2D eigenvalue weighted by atomic mass is 19.1. The summed E-state index contributed by atoms with van der Waals surface area (Å²) in [5, 5.41) is 0. The molecular weight excluding hydrogens is 226 g/mol. The van der Waals surface area contributed by atoms with E-state index in [1.54, 1.807) is 19.1 Å². The van der Waals surface area contributed by atoms with E-state index in [4.69, 9.17) is 4.74 Å². The minimum absolute atomic E-state index is 0.150. The number of ether oxygens (including phenoxy) is 1. The van der Waals surface area contributed by atoms with E-state index in [9.17, 15) is 4.39 Å². The summed E-state index contributed by atoms with van der Waals surface area (Å²) in [6.07, 6.45) is 0.713. The first kappa shape index (κ1) is 12.7. The molecule has 2 rings (SSSR count). The van der Waals surface area contributed by atoms with Crippen LogP contribution in [0, 0.1) is 12.7 Å². The summed E-state index contributed by atoms with van der Waals surface area (Å²) in [7, 11) is 2.04. The Labute approximate surface area is 108 Å². The van der Waals surface area contributed by atoms with E-state index in [-0.39, 0.29) is 5.82 Å². The summed E-state index contributed by atoms with van der Waals surface area (Å²) in [6.45, 7) is 2.33. The molecule has 0 aromatic heterocycles. The lowest BCUT2D eigenvalue weighted by Gasteiger charge is -2.07. The smallest absolute Gasteiger partial charge is 0.139 e. The zero-order chi connectivity index (χ0) is 13.0. The van der Waals surface area contributed by atoms with Crippen molar-refractivity contribution in [3.8, 4) is 5.75 Å². The molecule has 0 saturated heterocycles. The van der Waals surface area contributed by atoms with E-state index in [0.717, 1.165) is 11.3 Å². The van der Waals surface area contributed by atoms with Gasteiger partial charge in [0.2, 0.25) is 0 Å². The van der Waals surface area contributed by atoms with Crippen LogP contribution in [0.15, 0.2) is 42.5 Å². The Hall–Kier alpha value is -1.77. The highest BCUT2D eigenvalue weighted by molar-refractivity contribution is 6.32. The first-order chi connectivity index (χ1) is 8.65. The van der Waals surface area contributed by atoms with Crippen LogP contribution < -0.4 is 10.2 Å². The second kappa shape index (κ2) is 5.72. The Kier molecular flexibility index (Phi) is 4.03. The number of rotatable bonds is 4. The summed E-state index contributed by atoms with van der Waals surface area (Å²) in [5.41, 5.74) is 2.85. The SMILES string of the molecule is Bc1ccc(OCCc2ccc(C)c(F)c2)cc1. The predicted octanol–water partition coefficient (Wildman–Crippen LogP) is 2.01. The van der Waals surface area contributed by atoms with Crippen LogP contribution in [0.25, 0.3) is 0 Å². The van der Waals surface area contributed by atoms with Crippen LogP contribution in [-0.4, -0.2) is 14.5 Å². The topological polar surface area (TPSA) is 9.23 Å². The predicted molar refractivity (Wildman–Crippen MR) is 75.0 cm³/mol. The van der Waals surface area contributed by atoms with Crippen molar-refractivity contribution in [1.29, 1.82) is 0 Å². The van der Waals surface area contributed by atoms with Crippen molar-refractivity contribution < 1.29 is 9.13 Å². The molecule has 0 aliphatic carbocycles. The molecule has 3 heteroatoms. The molecule has 0 N–H and O–H groups in total. The minimum atomic E-state index is -0.150. The van der Waals surface area contributed by atoms with Crippen molar-refractivity contribution in [1.82, 2.24) is 0 Å². The lowest BCUT2D eigenvalue weighted by Crippen LogP contribution is -2.04. The molecule has 0 bridgehead atoms. The Balaban J connectivity index is 1.88. The van der Waals surface area contributed by atoms with Gasteiger partial charge in [-0.05, 0) is 36.2 Å². The molecule has 92 valence electrons. The van der Waals surface area contributed by atoms with Crippen molar-refractivity contribution >= 4 is 13.3 Å². The number of halogens is 1. The van der Waals surface area contributed by atoms with Gasteiger partial charge in [-0.3, -0.25) is 0 Å². The monoisotopic (exact) mass is 242 g/mol. The standard InChI is InChI=1S/C15H16BFO/c1-11-2-3-12(10-15(11)17)8-9-18-14-6-4-13(16)5-7-14/h2-7,10H,8-9,16H2,1H3. The minimum Gasteiger partial charge on any atom is -0.493 e. The average molecular weight is 242 g/mol. The first-order valence-corrected chi connectivity index (χ1v) is 6.09. The highest BCUT2D eigenvalue weighted by Crippen LogP contribution is 2.11. The van der Waals surface area contributed by atoms with Gasteiger partial charge in [-0.25, -0.2) is 4.39 Å². The number of hydrogen-bond acceptors (Lipinski definition) is 1. The Bertz CT molecular complexity index is 523. The maximum Gasteiger partial charge on any atom is 0.139 e. The lowest BCUT2D eigenvalue weighted by molar-refractivity contribution is 0.322.